The fourth-order valence-corrected chi connectivity index (χ4v) is 2.40. The number of nitrogens with zero attached hydrogens (tertiary/aromatic N) is 2. The number of aromatic nitrogens is 2. The summed E-state index contributed by atoms with van der Waals surface area (Å²) in [5.74, 6) is 0.339. The molecule has 5 nitrogen and oxygen atoms in total. The molecule has 0 saturated carbocycles. The van der Waals surface area contributed by atoms with Crippen LogP contribution in [0.3, 0.4) is 0 Å². The Morgan fingerprint density at radius 2 is 1.96 bits per heavy atom. The van der Waals surface area contributed by atoms with E-state index in [1.807, 2.05) is 6.92 Å². The van der Waals surface area contributed by atoms with E-state index in [1.165, 1.54) is 6.92 Å². The van der Waals surface area contributed by atoms with Crippen molar-refractivity contribution in [3.05, 3.63) is 40.7 Å². The summed E-state index contributed by atoms with van der Waals surface area (Å²) in [6, 6.07) is 6.79. The molecule has 9 heteroatoms. The largest absolute Gasteiger partial charge is 0.494 e. The molecule has 0 bridgehead atoms. The van der Waals surface area contributed by atoms with Gasteiger partial charge in [0.25, 0.3) is 0 Å². The Morgan fingerprint density at radius 3 is 2.48 bits per heavy atom. The third-order valence-electron chi connectivity index (χ3n) is 3.40. The SMILES string of the molecule is CCOc1ccc(NC(=O)CCn2nc(C(F)(F)F)c(Cl)c2C)cc1. The highest BCUT2D eigenvalue weighted by molar-refractivity contribution is 6.31. The lowest BCUT2D eigenvalue weighted by atomic mass is 10.3. The van der Waals surface area contributed by atoms with Crippen molar-refractivity contribution >= 4 is 23.2 Å². The molecule has 1 amide bonds. The third-order valence-corrected chi connectivity index (χ3v) is 3.85. The van der Waals surface area contributed by atoms with Gasteiger partial charge in [0.2, 0.25) is 5.91 Å². The zero-order chi connectivity index (χ0) is 18.6. The van der Waals surface area contributed by atoms with Crippen molar-refractivity contribution in [1.29, 1.82) is 0 Å². The molecule has 0 unspecified atom stereocenters. The fourth-order valence-electron chi connectivity index (χ4n) is 2.16. The van der Waals surface area contributed by atoms with Gasteiger partial charge in [-0.1, -0.05) is 11.6 Å². The summed E-state index contributed by atoms with van der Waals surface area (Å²) in [5, 5.41) is 5.67. The minimum Gasteiger partial charge on any atom is -0.494 e. The number of alkyl halides is 3. The maximum absolute atomic E-state index is 12.8. The molecule has 1 N–H and O–H groups in total. The lowest BCUT2D eigenvalue weighted by Gasteiger charge is -2.08. The first-order valence-electron chi connectivity index (χ1n) is 7.55. The molecule has 0 radical (unpaired) electrons. The highest BCUT2D eigenvalue weighted by Crippen LogP contribution is 2.35. The summed E-state index contributed by atoms with van der Waals surface area (Å²) >= 11 is 5.67. The molecule has 0 aliphatic rings. The van der Waals surface area contributed by atoms with Crippen molar-refractivity contribution < 1.29 is 22.7 Å². The molecule has 2 rings (SSSR count). The van der Waals surface area contributed by atoms with Gasteiger partial charge in [-0.25, -0.2) is 0 Å². The smallest absolute Gasteiger partial charge is 0.436 e. The zero-order valence-electron chi connectivity index (χ0n) is 13.7. The number of aryl methyl sites for hydroxylation is 1. The lowest BCUT2D eigenvalue weighted by Crippen LogP contribution is -2.16. The van der Waals surface area contributed by atoms with Crippen LogP contribution in [0.1, 0.15) is 24.7 Å². The van der Waals surface area contributed by atoms with Crippen LogP contribution in [0.5, 0.6) is 5.75 Å². The van der Waals surface area contributed by atoms with E-state index in [2.05, 4.69) is 10.4 Å². The lowest BCUT2D eigenvalue weighted by molar-refractivity contribution is -0.141. The predicted molar refractivity (Wildman–Crippen MR) is 87.8 cm³/mol. The fraction of sp³-hybridized carbons (Fsp3) is 0.375. The summed E-state index contributed by atoms with van der Waals surface area (Å²) < 4.78 is 44.7. The number of anilines is 1. The summed E-state index contributed by atoms with van der Waals surface area (Å²) in [4.78, 5) is 12.0. The number of carbonyl (C=O) groups excluding carboxylic acids is 1. The standard InChI is InChI=1S/C16H17ClF3N3O2/c1-3-25-12-6-4-11(5-7-12)21-13(24)8-9-23-10(2)14(17)15(22-23)16(18,19)20/h4-7H,3,8-9H2,1-2H3,(H,21,24). The van der Waals surface area contributed by atoms with Crippen LogP contribution < -0.4 is 10.1 Å². The van der Waals surface area contributed by atoms with E-state index in [0.29, 0.717) is 18.0 Å². The van der Waals surface area contributed by atoms with Crippen LogP contribution in [0.2, 0.25) is 5.02 Å². The molecule has 0 atom stereocenters. The second kappa shape index (κ2) is 7.77. The molecule has 0 spiro atoms. The van der Waals surface area contributed by atoms with Crippen LogP contribution in [0, 0.1) is 6.92 Å². The van der Waals surface area contributed by atoms with E-state index in [9.17, 15) is 18.0 Å². The van der Waals surface area contributed by atoms with Gasteiger partial charge in [-0.2, -0.15) is 18.3 Å². The van der Waals surface area contributed by atoms with E-state index in [4.69, 9.17) is 16.3 Å². The van der Waals surface area contributed by atoms with Crippen LogP contribution in [0.15, 0.2) is 24.3 Å². The molecule has 0 saturated heterocycles. The zero-order valence-corrected chi connectivity index (χ0v) is 14.4. The first-order valence-corrected chi connectivity index (χ1v) is 7.93. The van der Waals surface area contributed by atoms with Gasteiger partial charge in [-0.05, 0) is 38.1 Å². The number of benzene rings is 1. The molecular formula is C16H17ClF3N3O2. The Morgan fingerprint density at radius 1 is 1.32 bits per heavy atom. The molecule has 0 aliphatic heterocycles. The number of rotatable bonds is 6. The molecule has 2 aromatic rings. The van der Waals surface area contributed by atoms with Gasteiger partial charge >= 0.3 is 6.18 Å². The summed E-state index contributed by atoms with van der Waals surface area (Å²) in [5.41, 5.74) is -0.402. The molecule has 25 heavy (non-hydrogen) atoms. The number of hydrogen-bond acceptors (Lipinski definition) is 3. The second-order valence-corrected chi connectivity index (χ2v) is 5.60. The van der Waals surface area contributed by atoms with Crippen LogP contribution in [0.4, 0.5) is 18.9 Å². The average Bonchev–Trinajstić information content (AvgIpc) is 2.83. The van der Waals surface area contributed by atoms with E-state index in [1.54, 1.807) is 24.3 Å². The van der Waals surface area contributed by atoms with Gasteiger partial charge in [-0.15, -0.1) is 0 Å². The normalized spacial score (nSPS) is 11.4. The van der Waals surface area contributed by atoms with Crippen molar-refractivity contribution in [2.75, 3.05) is 11.9 Å². The van der Waals surface area contributed by atoms with Crippen molar-refractivity contribution in [3.63, 3.8) is 0 Å². The van der Waals surface area contributed by atoms with Gasteiger partial charge in [0.15, 0.2) is 5.69 Å². The Hall–Kier alpha value is -2.22. The van der Waals surface area contributed by atoms with E-state index in [0.717, 1.165) is 4.68 Å². The van der Waals surface area contributed by atoms with Crippen molar-refractivity contribution in [2.24, 2.45) is 0 Å². The van der Waals surface area contributed by atoms with E-state index >= 15 is 0 Å². The maximum Gasteiger partial charge on any atom is 0.436 e. The summed E-state index contributed by atoms with van der Waals surface area (Å²) in [6.07, 6.45) is -4.67. The first kappa shape index (κ1) is 19.1. The molecule has 0 fully saturated rings. The molecular weight excluding hydrogens is 359 g/mol. The average molecular weight is 376 g/mol. The van der Waals surface area contributed by atoms with Gasteiger partial charge in [0, 0.05) is 12.1 Å². The highest BCUT2D eigenvalue weighted by Gasteiger charge is 2.38. The van der Waals surface area contributed by atoms with Crippen LogP contribution in [-0.2, 0) is 17.5 Å². The summed E-state index contributed by atoms with van der Waals surface area (Å²) in [7, 11) is 0. The Bertz CT molecular complexity index is 742. The molecule has 136 valence electrons. The van der Waals surface area contributed by atoms with Gasteiger partial charge < -0.3 is 10.1 Å². The van der Waals surface area contributed by atoms with Gasteiger partial charge in [0.1, 0.15) is 5.75 Å². The Labute approximate surface area is 147 Å². The van der Waals surface area contributed by atoms with Crippen LogP contribution >= 0.6 is 11.6 Å². The highest BCUT2D eigenvalue weighted by atomic mass is 35.5. The second-order valence-electron chi connectivity index (χ2n) is 5.22. The Kier molecular flexibility index (Phi) is 5.94. The number of amides is 1. The number of ether oxygens (including phenoxy) is 1. The quantitative estimate of drug-likeness (QED) is 0.819. The van der Waals surface area contributed by atoms with Crippen molar-refractivity contribution in [1.82, 2.24) is 9.78 Å². The van der Waals surface area contributed by atoms with Crippen LogP contribution in [0.25, 0.3) is 0 Å². The van der Waals surface area contributed by atoms with Crippen molar-refractivity contribution in [3.8, 4) is 5.75 Å². The number of hydrogen-bond donors (Lipinski definition) is 1. The van der Waals surface area contributed by atoms with E-state index < -0.39 is 16.9 Å². The summed E-state index contributed by atoms with van der Waals surface area (Å²) in [6.45, 7) is 3.82. The number of halogens is 4. The van der Waals surface area contributed by atoms with Crippen molar-refractivity contribution in [2.45, 2.75) is 33.0 Å². The minimum absolute atomic E-state index is 0.00943. The number of nitrogens with one attached hydrogen (secondary N) is 1. The molecule has 1 heterocycles. The van der Waals surface area contributed by atoms with Gasteiger partial charge in [0.05, 0.1) is 23.9 Å². The van der Waals surface area contributed by atoms with Crippen LogP contribution in [-0.4, -0.2) is 22.3 Å². The first-order chi connectivity index (χ1) is 11.7. The predicted octanol–water partition coefficient (Wildman–Crippen LogP) is 4.29. The minimum atomic E-state index is -4.63. The molecule has 1 aromatic carbocycles. The third kappa shape index (κ3) is 4.88. The topological polar surface area (TPSA) is 56.1 Å². The van der Waals surface area contributed by atoms with Gasteiger partial charge in [-0.3, -0.25) is 9.48 Å². The number of carbonyl (C=O) groups is 1. The Balaban J connectivity index is 1.96. The molecule has 1 aromatic heterocycles. The monoisotopic (exact) mass is 375 g/mol. The van der Waals surface area contributed by atoms with E-state index in [-0.39, 0.29) is 24.6 Å². The maximum atomic E-state index is 12.8. The molecule has 0 aliphatic carbocycles.